The van der Waals surface area contributed by atoms with E-state index in [1.54, 1.807) is 24.3 Å². The van der Waals surface area contributed by atoms with Gasteiger partial charge in [0.25, 0.3) is 5.91 Å². The Morgan fingerprint density at radius 1 is 0.897 bits per heavy atom. The monoisotopic (exact) mass is 393 g/mol. The summed E-state index contributed by atoms with van der Waals surface area (Å²) in [5.74, 6) is 4.86. The van der Waals surface area contributed by atoms with Gasteiger partial charge in [-0.3, -0.25) is 4.79 Å². The summed E-state index contributed by atoms with van der Waals surface area (Å²) < 4.78 is 37.0. The van der Waals surface area contributed by atoms with E-state index in [0.29, 0.717) is 17.1 Å². The average Bonchev–Trinajstić information content (AvgIpc) is 2.73. The first kappa shape index (κ1) is 19.9. The molecule has 0 fully saturated rings. The predicted octanol–water partition coefficient (Wildman–Crippen LogP) is 4.57. The van der Waals surface area contributed by atoms with Crippen LogP contribution in [0.25, 0.3) is 0 Å². The molecule has 0 unspecified atom stereocenters. The molecule has 0 aliphatic rings. The Morgan fingerprint density at radius 3 is 2.34 bits per heavy atom. The molecule has 0 spiro atoms. The van der Waals surface area contributed by atoms with Crippen molar-refractivity contribution >= 4 is 5.91 Å². The van der Waals surface area contributed by atoms with Gasteiger partial charge in [-0.25, -0.2) is 8.78 Å². The summed E-state index contributed by atoms with van der Waals surface area (Å²) in [5.41, 5.74) is 0.469. The molecule has 3 aromatic rings. The molecule has 6 heteroatoms. The lowest BCUT2D eigenvalue weighted by Crippen LogP contribution is -2.23. The first-order chi connectivity index (χ1) is 14.1. The van der Waals surface area contributed by atoms with Crippen molar-refractivity contribution in [3.05, 3.63) is 90.0 Å². The molecular formula is C23H17F2NO3. The number of nitrogens with one attached hydrogen (secondary N) is 1. The van der Waals surface area contributed by atoms with E-state index in [1.807, 2.05) is 30.3 Å². The highest BCUT2D eigenvalue weighted by atomic mass is 19.1. The number of carbonyl (C=O) groups is 1. The highest BCUT2D eigenvalue weighted by Gasteiger charge is 2.05. The summed E-state index contributed by atoms with van der Waals surface area (Å²) in [6, 6.07) is 19.1. The van der Waals surface area contributed by atoms with Crippen molar-refractivity contribution in [2.45, 2.75) is 0 Å². The SMILES string of the molecule is O=C(NCC#CCOc1ccc(F)cc1F)c1ccc(Oc2ccccc2)cc1. The fraction of sp³-hybridized carbons (Fsp3) is 0.0870. The molecule has 0 aliphatic heterocycles. The van der Waals surface area contributed by atoms with Gasteiger partial charge >= 0.3 is 0 Å². The van der Waals surface area contributed by atoms with E-state index in [4.69, 9.17) is 9.47 Å². The number of amides is 1. The van der Waals surface area contributed by atoms with Crippen LogP contribution in [0.5, 0.6) is 17.2 Å². The number of ether oxygens (including phenoxy) is 2. The fourth-order valence-electron chi connectivity index (χ4n) is 2.35. The van der Waals surface area contributed by atoms with E-state index >= 15 is 0 Å². The number of halogens is 2. The van der Waals surface area contributed by atoms with Gasteiger partial charge in [-0.15, -0.1) is 0 Å². The van der Waals surface area contributed by atoms with Crippen LogP contribution < -0.4 is 14.8 Å². The van der Waals surface area contributed by atoms with Crippen molar-refractivity contribution in [3.8, 4) is 29.1 Å². The molecule has 29 heavy (non-hydrogen) atoms. The van der Waals surface area contributed by atoms with Gasteiger partial charge in [0, 0.05) is 11.6 Å². The minimum absolute atomic E-state index is 0.0794. The topological polar surface area (TPSA) is 47.6 Å². The van der Waals surface area contributed by atoms with Gasteiger partial charge in [0.1, 0.15) is 23.9 Å². The van der Waals surface area contributed by atoms with Crippen LogP contribution in [0.15, 0.2) is 72.8 Å². The number of para-hydroxylation sites is 1. The number of benzene rings is 3. The second-order valence-electron chi connectivity index (χ2n) is 5.84. The molecular weight excluding hydrogens is 376 g/mol. The number of hydrogen-bond donors (Lipinski definition) is 1. The van der Waals surface area contributed by atoms with Gasteiger partial charge in [0.05, 0.1) is 6.54 Å². The predicted molar refractivity (Wildman–Crippen MR) is 105 cm³/mol. The second-order valence-corrected chi connectivity index (χ2v) is 5.84. The molecule has 1 amide bonds. The summed E-state index contributed by atoms with van der Waals surface area (Å²) in [5, 5.41) is 2.65. The molecule has 4 nitrogen and oxygen atoms in total. The van der Waals surface area contributed by atoms with Crippen molar-refractivity contribution in [2.75, 3.05) is 13.2 Å². The first-order valence-corrected chi connectivity index (χ1v) is 8.76. The Morgan fingerprint density at radius 2 is 1.62 bits per heavy atom. The standard InChI is InChI=1S/C23H17F2NO3/c24-18-10-13-22(21(25)16-18)28-15-5-4-14-26-23(27)17-8-11-20(12-9-17)29-19-6-2-1-3-7-19/h1-3,6-13,16H,14-15H2,(H,26,27). The number of rotatable bonds is 6. The Balaban J connectivity index is 1.43. The van der Waals surface area contributed by atoms with Gasteiger partial charge in [-0.05, 0) is 48.5 Å². The van der Waals surface area contributed by atoms with Crippen LogP contribution in [0, 0.1) is 23.5 Å². The van der Waals surface area contributed by atoms with Crippen LogP contribution in [0.4, 0.5) is 8.78 Å². The first-order valence-electron chi connectivity index (χ1n) is 8.76. The van der Waals surface area contributed by atoms with E-state index in [2.05, 4.69) is 17.2 Å². The van der Waals surface area contributed by atoms with Crippen molar-refractivity contribution in [1.29, 1.82) is 0 Å². The van der Waals surface area contributed by atoms with Gasteiger partial charge in [0.2, 0.25) is 0 Å². The third kappa shape index (κ3) is 6.08. The van der Waals surface area contributed by atoms with Crippen LogP contribution in [-0.2, 0) is 0 Å². The molecule has 3 rings (SSSR count). The van der Waals surface area contributed by atoms with Crippen LogP contribution in [0.3, 0.4) is 0 Å². The fourth-order valence-corrected chi connectivity index (χ4v) is 2.35. The molecule has 0 bridgehead atoms. The minimum Gasteiger partial charge on any atom is -0.478 e. The molecule has 0 radical (unpaired) electrons. The highest BCUT2D eigenvalue weighted by molar-refractivity contribution is 5.94. The summed E-state index contributed by atoms with van der Waals surface area (Å²) in [6.07, 6.45) is 0. The van der Waals surface area contributed by atoms with Crippen molar-refractivity contribution in [3.63, 3.8) is 0 Å². The molecule has 0 saturated carbocycles. The van der Waals surface area contributed by atoms with Crippen molar-refractivity contribution in [1.82, 2.24) is 5.32 Å². The smallest absolute Gasteiger partial charge is 0.252 e. The maximum absolute atomic E-state index is 13.4. The average molecular weight is 393 g/mol. The Kier molecular flexibility index (Phi) is 6.80. The third-order valence-electron chi connectivity index (χ3n) is 3.75. The van der Waals surface area contributed by atoms with E-state index in [0.717, 1.165) is 12.1 Å². The quantitative estimate of drug-likeness (QED) is 0.624. The highest BCUT2D eigenvalue weighted by Crippen LogP contribution is 2.21. The molecule has 0 aliphatic carbocycles. The Labute approximate surface area is 167 Å². The van der Waals surface area contributed by atoms with Crippen LogP contribution in [0.2, 0.25) is 0 Å². The molecule has 0 aromatic heterocycles. The molecule has 0 heterocycles. The maximum Gasteiger partial charge on any atom is 0.252 e. The Bertz CT molecular complexity index is 1030. The second kappa shape index (κ2) is 9.90. The van der Waals surface area contributed by atoms with Gasteiger partial charge in [-0.2, -0.15) is 0 Å². The molecule has 1 N–H and O–H groups in total. The van der Waals surface area contributed by atoms with Crippen molar-refractivity contribution in [2.24, 2.45) is 0 Å². The minimum atomic E-state index is -0.792. The summed E-state index contributed by atoms with van der Waals surface area (Å²) in [6.45, 7) is 0.0281. The Hall–Kier alpha value is -3.85. The summed E-state index contributed by atoms with van der Waals surface area (Å²) in [7, 11) is 0. The van der Waals surface area contributed by atoms with E-state index in [-0.39, 0.29) is 24.8 Å². The molecule has 0 saturated heterocycles. The van der Waals surface area contributed by atoms with Gasteiger partial charge in [-0.1, -0.05) is 30.0 Å². The van der Waals surface area contributed by atoms with Crippen LogP contribution in [0.1, 0.15) is 10.4 Å². The third-order valence-corrected chi connectivity index (χ3v) is 3.75. The van der Waals surface area contributed by atoms with Crippen LogP contribution >= 0.6 is 0 Å². The molecule has 0 atom stereocenters. The van der Waals surface area contributed by atoms with Gasteiger partial charge in [0.15, 0.2) is 11.6 Å². The zero-order valence-corrected chi connectivity index (χ0v) is 15.3. The summed E-state index contributed by atoms with van der Waals surface area (Å²) in [4.78, 5) is 12.1. The number of hydrogen-bond acceptors (Lipinski definition) is 3. The van der Waals surface area contributed by atoms with Crippen LogP contribution in [-0.4, -0.2) is 19.1 Å². The zero-order chi connectivity index (χ0) is 20.5. The zero-order valence-electron chi connectivity index (χ0n) is 15.3. The lowest BCUT2D eigenvalue weighted by atomic mass is 10.2. The largest absolute Gasteiger partial charge is 0.478 e. The van der Waals surface area contributed by atoms with Crippen molar-refractivity contribution < 1.29 is 23.0 Å². The van der Waals surface area contributed by atoms with E-state index in [9.17, 15) is 13.6 Å². The molecule has 146 valence electrons. The van der Waals surface area contributed by atoms with E-state index in [1.165, 1.54) is 6.07 Å². The lowest BCUT2D eigenvalue weighted by molar-refractivity contribution is 0.0958. The molecule has 3 aromatic carbocycles. The van der Waals surface area contributed by atoms with Gasteiger partial charge < -0.3 is 14.8 Å². The normalized spacial score (nSPS) is 9.86. The number of carbonyl (C=O) groups excluding carboxylic acids is 1. The lowest BCUT2D eigenvalue weighted by Gasteiger charge is -2.06. The maximum atomic E-state index is 13.4. The summed E-state index contributed by atoms with van der Waals surface area (Å²) >= 11 is 0. The van der Waals surface area contributed by atoms with E-state index < -0.39 is 11.6 Å².